The number of benzene rings is 1. The fourth-order valence-electron chi connectivity index (χ4n) is 2.60. The summed E-state index contributed by atoms with van der Waals surface area (Å²) in [5.41, 5.74) is 3.39. The molecule has 0 aliphatic heterocycles. The lowest BCUT2D eigenvalue weighted by Crippen LogP contribution is -1.89. The van der Waals surface area contributed by atoms with Gasteiger partial charge in [-0.3, -0.25) is 5.10 Å². The number of hydrogen-bond acceptors (Lipinski definition) is 4. The van der Waals surface area contributed by atoms with E-state index in [1.807, 2.05) is 36.4 Å². The van der Waals surface area contributed by atoms with Gasteiger partial charge in [0.2, 0.25) is 0 Å². The van der Waals surface area contributed by atoms with E-state index in [0.29, 0.717) is 5.15 Å². The Hall–Kier alpha value is -2.21. The molecule has 0 atom stereocenters. The fraction of sp³-hybridized carbons (Fsp3) is 0.0556. The summed E-state index contributed by atoms with van der Waals surface area (Å²) in [6, 6.07) is 13.9. The highest BCUT2D eigenvalue weighted by atomic mass is 35.5. The Kier molecular flexibility index (Phi) is 4.53. The zero-order valence-corrected chi connectivity index (χ0v) is 15.2. The van der Waals surface area contributed by atoms with Crippen molar-refractivity contribution in [1.29, 1.82) is 0 Å². The molecule has 0 amide bonds. The molecule has 0 saturated heterocycles. The Morgan fingerprint density at radius 3 is 2.56 bits per heavy atom. The van der Waals surface area contributed by atoms with Crippen LogP contribution in [0.4, 0.5) is 0 Å². The summed E-state index contributed by atoms with van der Waals surface area (Å²) in [7, 11) is 0. The number of H-pyrrole nitrogens is 1. The fourth-order valence-corrected chi connectivity index (χ4v) is 4.02. The Balaban J connectivity index is 1.77. The largest absolute Gasteiger partial charge is 0.259 e. The third-order valence-corrected chi connectivity index (χ3v) is 5.45. The first-order chi connectivity index (χ1) is 12.2. The molecule has 0 radical (unpaired) electrons. The Morgan fingerprint density at radius 1 is 1.00 bits per heavy atom. The zero-order valence-electron chi connectivity index (χ0n) is 12.9. The molecule has 1 N–H and O–H groups in total. The molecule has 7 heteroatoms. The van der Waals surface area contributed by atoms with Crippen molar-refractivity contribution in [2.45, 2.75) is 6.42 Å². The first kappa shape index (κ1) is 16.3. The number of aromatic amines is 1. The van der Waals surface area contributed by atoms with Gasteiger partial charge in [-0.1, -0.05) is 35.3 Å². The maximum atomic E-state index is 6.04. The first-order valence-corrected chi connectivity index (χ1v) is 9.11. The van der Waals surface area contributed by atoms with Crippen molar-refractivity contribution in [1.82, 2.24) is 20.2 Å². The lowest BCUT2D eigenvalue weighted by atomic mass is 10.0. The van der Waals surface area contributed by atoms with Crippen LogP contribution in [-0.2, 0) is 6.42 Å². The summed E-state index contributed by atoms with van der Waals surface area (Å²) in [5.74, 6) is 0.764. The van der Waals surface area contributed by atoms with Gasteiger partial charge in [0.1, 0.15) is 11.5 Å². The van der Waals surface area contributed by atoms with E-state index in [1.165, 1.54) is 17.5 Å². The third-order valence-electron chi connectivity index (χ3n) is 3.76. The van der Waals surface area contributed by atoms with E-state index in [4.69, 9.17) is 23.2 Å². The molecule has 3 aromatic heterocycles. The van der Waals surface area contributed by atoms with Gasteiger partial charge in [-0.25, -0.2) is 9.97 Å². The predicted octanol–water partition coefficient (Wildman–Crippen LogP) is 5.49. The first-order valence-electron chi connectivity index (χ1n) is 7.54. The van der Waals surface area contributed by atoms with E-state index in [-0.39, 0.29) is 0 Å². The van der Waals surface area contributed by atoms with Crippen LogP contribution < -0.4 is 0 Å². The van der Waals surface area contributed by atoms with Crippen LogP contribution >= 0.6 is 34.5 Å². The van der Waals surface area contributed by atoms with Gasteiger partial charge in [0.05, 0.1) is 4.88 Å². The van der Waals surface area contributed by atoms with Gasteiger partial charge in [-0.05, 0) is 53.4 Å². The molecule has 4 nitrogen and oxygen atoms in total. The summed E-state index contributed by atoms with van der Waals surface area (Å²) in [6.07, 6.45) is 4.01. The molecule has 0 aliphatic carbocycles. The van der Waals surface area contributed by atoms with E-state index >= 15 is 0 Å². The van der Waals surface area contributed by atoms with Gasteiger partial charge in [0.25, 0.3) is 0 Å². The lowest BCUT2D eigenvalue weighted by molar-refractivity contribution is 1.09. The van der Waals surface area contributed by atoms with Gasteiger partial charge in [0, 0.05) is 16.1 Å². The van der Waals surface area contributed by atoms with Crippen molar-refractivity contribution in [2.75, 3.05) is 0 Å². The second-order valence-electron chi connectivity index (χ2n) is 5.47. The molecule has 25 heavy (non-hydrogen) atoms. The topological polar surface area (TPSA) is 54.5 Å². The highest BCUT2D eigenvalue weighted by Crippen LogP contribution is 2.38. The third kappa shape index (κ3) is 3.58. The standard InChI is InChI=1S/C18H12Cl2N4S/c19-14-3-1-11(2-4-14)7-13-8-15(12-5-6-21-16(20)9-12)25-17(13)18-22-10-23-24-18/h1-6,8-10H,7H2,(H,22,23,24). The van der Waals surface area contributed by atoms with Crippen LogP contribution in [0.15, 0.2) is 55.0 Å². The van der Waals surface area contributed by atoms with Gasteiger partial charge >= 0.3 is 0 Å². The average molecular weight is 387 g/mol. The molecule has 1 aromatic carbocycles. The maximum Gasteiger partial charge on any atom is 0.165 e. The SMILES string of the molecule is Clc1ccc(Cc2cc(-c3ccnc(Cl)c3)sc2-c2ncn[nH]2)cc1. The average Bonchev–Trinajstić information content (AvgIpc) is 3.26. The number of halogens is 2. The number of nitrogens with zero attached hydrogens (tertiary/aromatic N) is 3. The smallest absolute Gasteiger partial charge is 0.165 e. The van der Waals surface area contributed by atoms with Crippen LogP contribution in [0.2, 0.25) is 10.2 Å². The Labute approximate surface area is 158 Å². The summed E-state index contributed by atoms with van der Waals surface area (Å²) in [4.78, 5) is 10.5. The molecule has 0 unspecified atom stereocenters. The van der Waals surface area contributed by atoms with Crippen LogP contribution in [0.1, 0.15) is 11.1 Å². The number of pyridine rings is 1. The van der Waals surface area contributed by atoms with Crippen molar-refractivity contribution in [3.8, 4) is 21.1 Å². The molecule has 4 aromatic rings. The van der Waals surface area contributed by atoms with E-state index in [1.54, 1.807) is 17.5 Å². The molecule has 0 bridgehead atoms. The predicted molar refractivity (Wildman–Crippen MR) is 102 cm³/mol. The van der Waals surface area contributed by atoms with Crippen molar-refractivity contribution >= 4 is 34.5 Å². The van der Waals surface area contributed by atoms with Gasteiger partial charge in [-0.2, -0.15) is 5.10 Å². The lowest BCUT2D eigenvalue weighted by Gasteiger charge is -2.02. The summed E-state index contributed by atoms with van der Waals surface area (Å²) >= 11 is 13.7. The van der Waals surface area contributed by atoms with E-state index in [9.17, 15) is 0 Å². The van der Waals surface area contributed by atoms with Crippen molar-refractivity contribution < 1.29 is 0 Å². The van der Waals surface area contributed by atoms with Crippen molar-refractivity contribution in [3.63, 3.8) is 0 Å². The van der Waals surface area contributed by atoms with Crippen LogP contribution in [0.5, 0.6) is 0 Å². The molecule has 124 valence electrons. The van der Waals surface area contributed by atoms with E-state index < -0.39 is 0 Å². The van der Waals surface area contributed by atoms with Crippen LogP contribution in [-0.4, -0.2) is 20.2 Å². The number of aromatic nitrogens is 4. The maximum absolute atomic E-state index is 6.04. The zero-order chi connectivity index (χ0) is 17.2. The normalized spacial score (nSPS) is 11.0. The van der Waals surface area contributed by atoms with E-state index in [0.717, 1.165) is 32.6 Å². The number of nitrogens with one attached hydrogen (secondary N) is 1. The second-order valence-corrected chi connectivity index (χ2v) is 7.35. The Morgan fingerprint density at radius 2 is 1.84 bits per heavy atom. The number of hydrogen-bond donors (Lipinski definition) is 1. The molecular formula is C18H12Cl2N4S. The molecular weight excluding hydrogens is 375 g/mol. The summed E-state index contributed by atoms with van der Waals surface area (Å²) in [6.45, 7) is 0. The minimum atomic E-state index is 0.478. The highest BCUT2D eigenvalue weighted by molar-refractivity contribution is 7.19. The van der Waals surface area contributed by atoms with Crippen LogP contribution in [0.25, 0.3) is 21.1 Å². The minimum absolute atomic E-state index is 0.478. The molecule has 0 aliphatic rings. The number of rotatable bonds is 4. The monoisotopic (exact) mass is 386 g/mol. The molecule has 0 spiro atoms. The summed E-state index contributed by atoms with van der Waals surface area (Å²) in [5, 5.41) is 8.14. The quantitative estimate of drug-likeness (QED) is 0.471. The molecule has 3 heterocycles. The van der Waals surface area contributed by atoms with Gasteiger partial charge in [0.15, 0.2) is 5.82 Å². The number of thiophene rings is 1. The van der Waals surface area contributed by atoms with Crippen molar-refractivity contribution in [2.24, 2.45) is 0 Å². The molecule has 4 rings (SSSR count). The van der Waals surface area contributed by atoms with Crippen molar-refractivity contribution in [3.05, 3.63) is 76.3 Å². The Bertz CT molecular complexity index is 994. The van der Waals surface area contributed by atoms with Gasteiger partial charge < -0.3 is 0 Å². The van der Waals surface area contributed by atoms with Crippen LogP contribution in [0, 0.1) is 0 Å². The molecule has 0 saturated carbocycles. The van der Waals surface area contributed by atoms with Gasteiger partial charge in [-0.15, -0.1) is 11.3 Å². The highest BCUT2D eigenvalue weighted by Gasteiger charge is 2.15. The summed E-state index contributed by atoms with van der Waals surface area (Å²) < 4.78 is 0. The minimum Gasteiger partial charge on any atom is -0.259 e. The second kappa shape index (κ2) is 6.96. The molecule has 0 fully saturated rings. The van der Waals surface area contributed by atoms with Crippen LogP contribution in [0.3, 0.4) is 0 Å². The van der Waals surface area contributed by atoms with E-state index in [2.05, 4.69) is 26.2 Å².